The molecular weight excluding hydrogens is 262 g/mol. The summed E-state index contributed by atoms with van der Waals surface area (Å²) in [5, 5.41) is 5.85. The van der Waals surface area contributed by atoms with E-state index in [1.807, 2.05) is 18.2 Å². The zero-order chi connectivity index (χ0) is 15.2. The number of aryl methyl sites for hydroxylation is 1. The van der Waals surface area contributed by atoms with Gasteiger partial charge in [0.2, 0.25) is 0 Å². The predicted molar refractivity (Wildman–Crippen MR) is 88.0 cm³/mol. The SMILES string of the molecule is CCCc1ccc(Nc2ccc(C(=O)NC)cc2N)cc1. The highest BCUT2D eigenvalue weighted by Crippen LogP contribution is 2.24. The van der Waals surface area contributed by atoms with Crippen molar-refractivity contribution in [3.05, 3.63) is 53.6 Å². The molecule has 21 heavy (non-hydrogen) atoms. The molecule has 1 amide bonds. The molecule has 0 bridgehead atoms. The van der Waals surface area contributed by atoms with Gasteiger partial charge in [0.25, 0.3) is 5.91 Å². The predicted octanol–water partition coefficient (Wildman–Crippen LogP) is 3.32. The van der Waals surface area contributed by atoms with E-state index in [0.717, 1.165) is 24.2 Å². The lowest BCUT2D eigenvalue weighted by atomic mass is 10.1. The fourth-order valence-corrected chi connectivity index (χ4v) is 2.16. The smallest absolute Gasteiger partial charge is 0.251 e. The normalized spacial score (nSPS) is 10.2. The standard InChI is InChI=1S/C17H21N3O/c1-3-4-12-5-8-14(9-6-12)20-16-10-7-13(11-15(16)18)17(21)19-2/h5-11,20H,3-4,18H2,1-2H3,(H,19,21). The van der Waals surface area contributed by atoms with Crippen molar-refractivity contribution in [1.29, 1.82) is 0 Å². The van der Waals surface area contributed by atoms with Crippen LogP contribution >= 0.6 is 0 Å². The van der Waals surface area contributed by atoms with Crippen LogP contribution in [0.2, 0.25) is 0 Å². The maximum atomic E-state index is 11.5. The van der Waals surface area contributed by atoms with Crippen LogP contribution in [0.25, 0.3) is 0 Å². The zero-order valence-corrected chi connectivity index (χ0v) is 12.4. The van der Waals surface area contributed by atoms with E-state index in [2.05, 4.69) is 29.7 Å². The van der Waals surface area contributed by atoms with Crippen LogP contribution < -0.4 is 16.4 Å². The number of carbonyl (C=O) groups excluding carboxylic acids is 1. The molecule has 0 aliphatic rings. The van der Waals surface area contributed by atoms with Crippen LogP contribution in [0, 0.1) is 0 Å². The Hall–Kier alpha value is -2.49. The Morgan fingerprint density at radius 3 is 2.43 bits per heavy atom. The zero-order valence-electron chi connectivity index (χ0n) is 12.4. The van der Waals surface area contributed by atoms with E-state index in [1.54, 1.807) is 19.2 Å². The summed E-state index contributed by atoms with van der Waals surface area (Å²) in [7, 11) is 1.60. The quantitative estimate of drug-likeness (QED) is 0.737. The number of amides is 1. The van der Waals surface area contributed by atoms with Crippen LogP contribution in [0.15, 0.2) is 42.5 Å². The van der Waals surface area contributed by atoms with Gasteiger partial charge in [-0.05, 0) is 42.3 Å². The van der Waals surface area contributed by atoms with Crippen molar-refractivity contribution >= 4 is 23.0 Å². The molecule has 0 aliphatic heterocycles. The summed E-state index contributed by atoms with van der Waals surface area (Å²) in [6.07, 6.45) is 2.23. The lowest BCUT2D eigenvalue weighted by molar-refractivity contribution is 0.0963. The molecule has 0 saturated carbocycles. The van der Waals surface area contributed by atoms with Crippen molar-refractivity contribution in [2.75, 3.05) is 18.1 Å². The molecule has 2 aromatic rings. The van der Waals surface area contributed by atoms with Crippen LogP contribution in [0.1, 0.15) is 29.3 Å². The highest BCUT2D eigenvalue weighted by Gasteiger charge is 2.06. The van der Waals surface area contributed by atoms with E-state index in [1.165, 1.54) is 5.56 Å². The van der Waals surface area contributed by atoms with Crippen molar-refractivity contribution in [3.63, 3.8) is 0 Å². The van der Waals surface area contributed by atoms with E-state index in [9.17, 15) is 4.79 Å². The number of nitrogen functional groups attached to an aromatic ring is 1. The molecule has 0 aliphatic carbocycles. The Morgan fingerprint density at radius 1 is 1.14 bits per heavy atom. The number of carbonyl (C=O) groups is 1. The second-order valence-corrected chi connectivity index (χ2v) is 4.95. The molecule has 2 rings (SSSR count). The van der Waals surface area contributed by atoms with E-state index < -0.39 is 0 Å². The summed E-state index contributed by atoms with van der Waals surface area (Å²) >= 11 is 0. The van der Waals surface area contributed by atoms with E-state index in [0.29, 0.717) is 11.3 Å². The van der Waals surface area contributed by atoms with Crippen LogP contribution in [0.5, 0.6) is 0 Å². The van der Waals surface area contributed by atoms with Gasteiger partial charge in [0.15, 0.2) is 0 Å². The molecule has 0 heterocycles. The number of benzene rings is 2. The molecule has 0 unspecified atom stereocenters. The second-order valence-electron chi connectivity index (χ2n) is 4.95. The third-order valence-electron chi connectivity index (χ3n) is 3.31. The van der Waals surface area contributed by atoms with Gasteiger partial charge in [-0.15, -0.1) is 0 Å². The molecule has 0 aromatic heterocycles. The average molecular weight is 283 g/mol. The van der Waals surface area contributed by atoms with Gasteiger partial charge in [0.05, 0.1) is 11.4 Å². The minimum atomic E-state index is -0.142. The van der Waals surface area contributed by atoms with Gasteiger partial charge in [-0.25, -0.2) is 0 Å². The van der Waals surface area contributed by atoms with Crippen LogP contribution in [0.4, 0.5) is 17.1 Å². The van der Waals surface area contributed by atoms with Gasteiger partial charge in [-0.2, -0.15) is 0 Å². The minimum Gasteiger partial charge on any atom is -0.397 e. The average Bonchev–Trinajstić information content (AvgIpc) is 2.50. The Balaban J connectivity index is 2.14. The highest BCUT2D eigenvalue weighted by molar-refractivity contribution is 5.96. The van der Waals surface area contributed by atoms with Gasteiger partial charge in [-0.3, -0.25) is 4.79 Å². The van der Waals surface area contributed by atoms with Crippen molar-refractivity contribution in [2.24, 2.45) is 0 Å². The number of hydrogen-bond acceptors (Lipinski definition) is 3. The third-order valence-corrected chi connectivity index (χ3v) is 3.31. The van der Waals surface area contributed by atoms with Crippen LogP contribution in [-0.2, 0) is 6.42 Å². The van der Waals surface area contributed by atoms with Gasteiger partial charge in [0, 0.05) is 18.3 Å². The van der Waals surface area contributed by atoms with Gasteiger partial charge in [0.1, 0.15) is 0 Å². The molecule has 4 nitrogen and oxygen atoms in total. The summed E-state index contributed by atoms with van der Waals surface area (Å²) in [6, 6.07) is 13.5. The Bertz CT molecular complexity index is 620. The Kier molecular flexibility index (Phi) is 4.82. The first kappa shape index (κ1) is 14.9. The van der Waals surface area contributed by atoms with E-state index in [4.69, 9.17) is 5.73 Å². The molecule has 0 fully saturated rings. The van der Waals surface area contributed by atoms with Crippen molar-refractivity contribution in [2.45, 2.75) is 19.8 Å². The maximum Gasteiger partial charge on any atom is 0.251 e. The molecular formula is C17H21N3O. The van der Waals surface area contributed by atoms with Gasteiger partial charge < -0.3 is 16.4 Å². The first-order valence-electron chi connectivity index (χ1n) is 7.11. The molecule has 0 atom stereocenters. The number of nitrogens with one attached hydrogen (secondary N) is 2. The molecule has 4 heteroatoms. The molecule has 0 radical (unpaired) electrons. The van der Waals surface area contributed by atoms with Crippen molar-refractivity contribution in [3.8, 4) is 0 Å². The fraction of sp³-hybridized carbons (Fsp3) is 0.235. The molecule has 2 aromatic carbocycles. The van der Waals surface area contributed by atoms with Crippen molar-refractivity contribution in [1.82, 2.24) is 5.32 Å². The summed E-state index contributed by atoms with van der Waals surface area (Å²) < 4.78 is 0. The molecule has 110 valence electrons. The monoisotopic (exact) mass is 283 g/mol. The summed E-state index contributed by atoms with van der Waals surface area (Å²) in [5.41, 5.74) is 10.2. The lowest BCUT2D eigenvalue weighted by Gasteiger charge is -2.11. The van der Waals surface area contributed by atoms with Gasteiger partial charge in [-0.1, -0.05) is 25.5 Å². The Labute approximate surface area is 125 Å². The largest absolute Gasteiger partial charge is 0.397 e. The first-order chi connectivity index (χ1) is 10.1. The van der Waals surface area contributed by atoms with Gasteiger partial charge >= 0.3 is 0 Å². The van der Waals surface area contributed by atoms with Crippen LogP contribution in [-0.4, -0.2) is 13.0 Å². The first-order valence-corrected chi connectivity index (χ1v) is 7.11. The maximum absolute atomic E-state index is 11.5. The van der Waals surface area contributed by atoms with E-state index in [-0.39, 0.29) is 5.91 Å². The number of hydrogen-bond donors (Lipinski definition) is 3. The van der Waals surface area contributed by atoms with Crippen LogP contribution in [0.3, 0.4) is 0 Å². The number of anilines is 3. The summed E-state index contributed by atoms with van der Waals surface area (Å²) in [5.74, 6) is -0.142. The molecule has 0 spiro atoms. The van der Waals surface area contributed by atoms with E-state index >= 15 is 0 Å². The third kappa shape index (κ3) is 3.75. The highest BCUT2D eigenvalue weighted by atomic mass is 16.1. The summed E-state index contributed by atoms with van der Waals surface area (Å²) in [6.45, 7) is 2.17. The number of nitrogens with two attached hydrogens (primary N) is 1. The fourth-order valence-electron chi connectivity index (χ4n) is 2.16. The lowest BCUT2D eigenvalue weighted by Crippen LogP contribution is -2.17. The Morgan fingerprint density at radius 2 is 1.86 bits per heavy atom. The second kappa shape index (κ2) is 6.79. The molecule has 4 N–H and O–H groups in total. The minimum absolute atomic E-state index is 0.142. The molecule has 0 saturated heterocycles. The van der Waals surface area contributed by atoms with Crippen molar-refractivity contribution < 1.29 is 4.79 Å². The topological polar surface area (TPSA) is 67.2 Å². The number of rotatable bonds is 5. The summed E-state index contributed by atoms with van der Waals surface area (Å²) in [4.78, 5) is 11.5.